The molecule has 0 aliphatic carbocycles. The first-order valence-corrected chi connectivity index (χ1v) is 7.76. The minimum Gasteiger partial charge on any atom is -0.507 e. The van der Waals surface area contributed by atoms with E-state index in [2.05, 4.69) is 6.07 Å². The van der Waals surface area contributed by atoms with Gasteiger partial charge >= 0.3 is 0 Å². The molecule has 1 N–H and O–H groups in total. The van der Waals surface area contributed by atoms with E-state index in [0.29, 0.717) is 27.1 Å². The molecule has 20 heavy (non-hydrogen) atoms. The molecule has 2 aromatic rings. The molecule has 0 aliphatic rings. The fourth-order valence-electron chi connectivity index (χ4n) is 2.35. The number of hydrogen-bond acceptors (Lipinski definition) is 3. The van der Waals surface area contributed by atoms with Crippen LogP contribution in [-0.4, -0.2) is 13.5 Å². The Kier molecular flexibility index (Phi) is 3.61. The summed E-state index contributed by atoms with van der Waals surface area (Å²) in [5, 5.41) is 9.78. The van der Waals surface area contributed by atoms with Gasteiger partial charge < -0.3 is 5.11 Å². The molecule has 4 heteroatoms. The normalized spacial score (nSPS) is 11.6. The lowest BCUT2D eigenvalue weighted by Gasteiger charge is -2.13. The lowest BCUT2D eigenvalue weighted by atomic mass is 10.1. The molecule has 0 aromatic heterocycles. The second kappa shape index (κ2) is 4.94. The second-order valence-electron chi connectivity index (χ2n) is 5.06. The van der Waals surface area contributed by atoms with Gasteiger partial charge in [-0.2, -0.15) is 0 Å². The van der Waals surface area contributed by atoms with Crippen molar-refractivity contribution < 1.29 is 13.5 Å². The van der Waals surface area contributed by atoms with Gasteiger partial charge in [0.25, 0.3) is 0 Å². The van der Waals surface area contributed by atoms with E-state index in [0.717, 1.165) is 0 Å². The smallest absolute Gasteiger partial charge is 0.207 e. The molecule has 0 heterocycles. The summed E-state index contributed by atoms with van der Waals surface area (Å²) in [6.07, 6.45) is 0. The van der Waals surface area contributed by atoms with Crippen LogP contribution in [0, 0.1) is 33.8 Å². The van der Waals surface area contributed by atoms with E-state index in [1.165, 1.54) is 12.1 Å². The molecule has 0 bridgehead atoms. The summed E-state index contributed by atoms with van der Waals surface area (Å²) in [6, 6.07) is 9.27. The zero-order chi connectivity index (χ0) is 15.1. The first-order valence-electron chi connectivity index (χ1n) is 6.27. The monoisotopic (exact) mass is 289 g/mol. The SMILES string of the molecule is Cc1cc(S(=O)(=O)c2c(C)c[c]cc2C)cc(C)c1O. The van der Waals surface area contributed by atoms with Crippen molar-refractivity contribution in [2.75, 3.05) is 0 Å². The van der Waals surface area contributed by atoms with Crippen molar-refractivity contribution in [3.05, 3.63) is 52.6 Å². The molecule has 0 spiro atoms. The largest absolute Gasteiger partial charge is 0.507 e. The predicted octanol–water partition coefficient (Wildman–Crippen LogP) is 3.26. The highest BCUT2D eigenvalue weighted by Gasteiger charge is 2.23. The van der Waals surface area contributed by atoms with Gasteiger partial charge in [-0.25, -0.2) is 8.42 Å². The molecule has 2 rings (SSSR count). The van der Waals surface area contributed by atoms with Crippen molar-refractivity contribution in [2.24, 2.45) is 0 Å². The van der Waals surface area contributed by atoms with E-state index in [1.54, 1.807) is 39.8 Å². The average Bonchev–Trinajstić information content (AvgIpc) is 2.34. The first kappa shape index (κ1) is 14.6. The van der Waals surface area contributed by atoms with Gasteiger partial charge in [-0.1, -0.05) is 12.1 Å². The molecule has 0 saturated carbocycles. The molecule has 0 amide bonds. The van der Waals surface area contributed by atoms with Crippen LogP contribution in [0.5, 0.6) is 5.75 Å². The van der Waals surface area contributed by atoms with E-state index in [-0.39, 0.29) is 10.6 Å². The Morgan fingerprint density at radius 2 is 1.35 bits per heavy atom. The summed E-state index contributed by atoms with van der Waals surface area (Å²) < 4.78 is 25.6. The molecule has 105 valence electrons. The zero-order valence-electron chi connectivity index (χ0n) is 12.0. The minimum atomic E-state index is -3.59. The van der Waals surface area contributed by atoms with E-state index < -0.39 is 9.84 Å². The van der Waals surface area contributed by atoms with Crippen LogP contribution in [0.4, 0.5) is 0 Å². The quantitative estimate of drug-likeness (QED) is 0.923. The molecular formula is C16H17O3S. The third-order valence-electron chi connectivity index (χ3n) is 3.36. The highest BCUT2D eigenvalue weighted by molar-refractivity contribution is 7.91. The Morgan fingerprint density at radius 1 is 0.900 bits per heavy atom. The average molecular weight is 289 g/mol. The van der Waals surface area contributed by atoms with Gasteiger partial charge in [-0.05, 0) is 68.1 Å². The lowest BCUT2D eigenvalue weighted by molar-refractivity contribution is 0.466. The Labute approximate surface area is 119 Å². The van der Waals surface area contributed by atoms with Crippen molar-refractivity contribution in [1.29, 1.82) is 0 Å². The summed E-state index contributed by atoms with van der Waals surface area (Å²) in [5.74, 6) is 0.138. The number of benzene rings is 2. The Bertz CT molecular complexity index is 731. The fourth-order valence-corrected chi connectivity index (χ4v) is 4.21. The van der Waals surface area contributed by atoms with Crippen molar-refractivity contribution in [3.63, 3.8) is 0 Å². The Morgan fingerprint density at radius 3 is 1.80 bits per heavy atom. The third kappa shape index (κ3) is 2.31. The first-order chi connectivity index (χ1) is 9.25. The summed E-state index contributed by atoms with van der Waals surface area (Å²) in [5.41, 5.74) is 2.46. The van der Waals surface area contributed by atoms with Crippen molar-refractivity contribution >= 4 is 9.84 Å². The lowest BCUT2D eigenvalue weighted by Crippen LogP contribution is -2.07. The van der Waals surface area contributed by atoms with Crippen LogP contribution in [0.25, 0.3) is 0 Å². The molecule has 2 aromatic carbocycles. The fraction of sp³-hybridized carbons (Fsp3) is 0.250. The van der Waals surface area contributed by atoms with Gasteiger partial charge in [0.15, 0.2) is 0 Å². The third-order valence-corrected chi connectivity index (χ3v) is 5.40. The highest BCUT2D eigenvalue weighted by Crippen LogP contribution is 2.31. The molecule has 0 fully saturated rings. The number of aryl methyl sites for hydroxylation is 4. The number of sulfone groups is 1. The van der Waals surface area contributed by atoms with Crippen LogP contribution in [0.3, 0.4) is 0 Å². The van der Waals surface area contributed by atoms with Crippen molar-refractivity contribution in [3.8, 4) is 5.75 Å². The van der Waals surface area contributed by atoms with E-state index in [9.17, 15) is 13.5 Å². The number of phenols is 1. The van der Waals surface area contributed by atoms with Crippen molar-refractivity contribution in [1.82, 2.24) is 0 Å². The maximum atomic E-state index is 12.8. The van der Waals surface area contributed by atoms with Crippen LogP contribution < -0.4 is 0 Å². The summed E-state index contributed by atoms with van der Waals surface area (Å²) in [7, 11) is -3.59. The van der Waals surface area contributed by atoms with Gasteiger partial charge in [0.2, 0.25) is 9.84 Å². The molecule has 3 nitrogen and oxygen atoms in total. The molecule has 0 atom stereocenters. The minimum absolute atomic E-state index is 0.138. The van der Waals surface area contributed by atoms with Gasteiger partial charge in [0.05, 0.1) is 9.79 Å². The van der Waals surface area contributed by atoms with Crippen LogP contribution in [-0.2, 0) is 9.84 Å². The molecular weight excluding hydrogens is 272 g/mol. The summed E-state index contributed by atoms with van der Waals surface area (Å²) >= 11 is 0. The molecule has 0 aliphatic heterocycles. The van der Waals surface area contributed by atoms with E-state index in [1.807, 2.05) is 0 Å². The molecule has 0 saturated heterocycles. The standard InChI is InChI=1S/C16H17O3S/c1-10-6-5-7-11(2)16(10)20(18,19)14-8-12(3)15(17)13(4)9-14/h6-9,17H,1-4H3. The highest BCUT2D eigenvalue weighted by atomic mass is 32.2. The summed E-state index contributed by atoms with van der Waals surface area (Å²) in [6.45, 7) is 6.91. The van der Waals surface area contributed by atoms with Crippen LogP contribution in [0.2, 0.25) is 0 Å². The number of rotatable bonds is 2. The molecule has 0 unspecified atom stereocenters. The molecule has 1 radical (unpaired) electrons. The van der Waals surface area contributed by atoms with Crippen LogP contribution >= 0.6 is 0 Å². The Balaban J connectivity index is 2.74. The zero-order valence-corrected chi connectivity index (χ0v) is 12.8. The number of aromatic hydroxyl groups is 1. The van der Waals surface area contributed by atoms with Gasteiger partial charge in [0.1, 0.15) is 5.75 Å². The van der Waals surface area contributed by atoms with Gasteiger partial charge in [-0.3, -0.25) is 0 Å². The maximum Gasteiger partial charge on any atom is 0.207 e. The predicted molar refractivity (Wildman–Crippen MR) is 77.8 cm³/mol. The van der Waals surface area contributed by atoms with Crippen LogP contribution in [0.1, 0.15) is 22.3 Å². The topological polar surface area (TPSA) is 54.4 Å². The van der Waals surface area contributed by atoms with Gasteiger partial charge in [-0.15, -0.1) is 0 Å². The Hall–Kier alpha value is -1.81. The van der Waals surface area contributed by atoms with E-state index in [4.69, 9.17) is 0 Å². The maximum absolute atomic E-state index is 12.8. The van der Waals surface area contributed by atoms with E-state index >= 15 is 0 Å². The second-order valence-corrected chi connectivity index (χ2v) is 6.95. The summed E-state index contributed by atoms with van der Waals surface area (Å²) in [4.78, 5) is 0.531. The van der Waals surface area contributed by atoms with Crippen LogP contribution in [0.15, 0.2) is 34.1 Å². The van der Waals surface area contributed by atoms with Crippen molar-refractivity contribution in [2.45, 2.75) is 37.5 Å². The number of hydrogen-bond donors (Lipinski definition) is 1. The number of phenolic OH excluding ortho intramolecular Hbond substituents is 1. The van der Waals surface area contributed by atoms with Gasteiger partial charge in [0, 0.05) is 0 Å².